The summed E-state index contributed by atoms with van der Waals surface area (Å²) in [6.45, 7) is 3.90. The number of halogens is 2. The molecule has 0 saturated heterocycles. The van der Waals surface area contributed by atoms with E-state index < -0.39 is 0 Å². The van der Waals surface area contributed by atoms with Gasteiger partial charge in [-0.3, -0.25) is 0 Å². The van der Waals surface area contributed by atoms with Crippen LogP contribution in [0.15, 0.2) is 34.8 Å². The topological polar surface area (TPSA) is 35.2 Å². The molecule has 0 aliphatic carbocycles. The fourth-order valence-electron chi connectivity index (χ4n) is 1.95. The van der Waals surface area contributed by atoms with Crippen molar-refractivity contribution >= 4 is 44.7 Å². The summed E-state index contributed by atoms with van der Waals surface area (Å²) in [7, 11) is 0. The van der Waals surface area contributed by atoms with Gasteiger partial charge in [0.1, 0.15) is 16.5 Å². The summed E-state index contributed by atoms with van der Waals surface area (Å²) in [4.78, 5) is 0.303. The molecule has 0 bridgehead atoms. The molecule has 2 aromatic carbocycles. The maximum Gasteiger partial charge on any atom is 0.138 e. The predicted molar refractivity (Wildman–Crippen MR) is 91.0 cm³/mol. The molecule has 0 heterocycles. The van der Waals surface area contributed by atoms with E-state index in [0.29, 0.717) is 21.3 Å². The highest BCUT2D eigenvalue weighted by molar-refractivity contribution is 9.10. The molecule has 2 N–H and O–H groups in total. The Morgan fingerprint density at radius 2 is 1.80 bits per heavy atom. The van der Waals surface area contributed by atoms with Gasteiger partial charge >= 0.3 is 0 Å². The van der Waals surface area contributed by atoms with Crippen LogP contribution in [0, 0.1) is 13.8 Å². The third-order valence-electron chi connectivity index (χ3n) is 2.85. The van der Waals surface area contributed by atoms with Crippen molar-refractivity contribution in [1.82, 2.24) is 0 Å². The Morgan fingerprint density at radius 1 is 1.20 bits per heavy atom. The molecule has 0 fully saturated rings. The second-order valence-electron chi connectivity index (χ2n) is 4.48. The van der Waals surface area contributed by atoms with Gasteiger partial charge in [-0.05, 0) is 55.3 Å². The van der Waals surface area contributed by atoms with Crippen molar-refractivity contribution in [2.45, 2.75) is 13.8 Å². The first-order chi connectivity index (χ1) is 9.38. The second-order valence-corrected chi connectivity index (χ2v) is 6.27. The van der Waals surface area contributed by atoms with E-state index in [4.69, 9.17) is 34.3 Å². The van der Waals surface area contributed by atoms with Crippen molar-refractivity contribution in [2.24, 2.45) is 5.73 Å². The highest BCUT2D eigenvalue weighted by Gasteiger charge is 2.12. The first-order valence-electron chi connectivity index (χ1n) is 5.92. The van der Waals surface area contributed by atoms with Crippen molar-refractivity contribution in [3.8, 4) is 11.5 Å². The normalized spacial score (nSPS) is 10.4. The van der Waals surface area contributed by atoms with Crippen LogP contribution in [0.5, 0.6) is 11.5 Å². The van der Waals surface area contributed by atoms with E-state index in [9.17, 15) is 0 Å². The fraction of sp³-hybridized carbons (Fsp3) is 0.133. The minimum atomic E-state index is 0.303. The van der Waals surface area contributed by atoms with Gasteiger partial charge in [0, 0.05) is 9.50 Å². The summed E-state index contributed by atoms with van der Waals surface area (Å²) < 4.78 is 6.91. The molecule has 0 spiro atoms. The number of hydrogen-bond acceptors (Lipinski definition) is 2. The molecule has 2 rings (SSSR count). The van der Waals surface area contributed by atoms with Crippen LogP contribution in [0.4, 0.5) is 0 Å². The molecule has 0 aliphatic rings. The van der Waals surface area contributed by atoms with E-state index in [1.54, 1.807) is 0 Å². The van der Waals surface area contributed by atoms with Crippen LogP contribution in [-0.2, 0) is 0 Å². The van der Waals surface area contributed by atoms with Crippen LogP contribution in [0.3, 0.4) is 0 Å². The third kappa shape index (κ3) is 3.32. The SMILES string of the molecule is Cc1cc(Cl)cc(C)c1Oc1cc(Br)ccc1C(N)=S. The lowest BCUT2D eigenvalue weighted by Gasteiger charge is -2.15. The van der Waals surface area contributed by atoms with E-state index in [1.165, 1.54) is 0 Å². The number of benzene rings is 2. The van der Waals surface area contributed by atoms with E-state index in [2.05, 4.69) is 15.9 Å². The summed E-state index contributed by atoms with van der Waals surface area (Å²) in [6.07, 6.45) is 0. The summed E-state index contributed by atoms with van der Waals surface area (Å²) in [5.74, 6) is 1.39. The summed E-state index contributed by atoms with van der Waals surface area (Å²) in [5.41, 5.74) is 8.36. The number of hydrogen-bond donors (Lipinski definition) is 1. The van der Waals surface area contributed by atoms with Crippen LogP contribution in [0.1, 0.15) is 16.7 Å². The minimum Gasteiger partial charge on any atom is -0.456 e. The Labute approximate surface area is 137 Å². The van der Waals surface area contributed by atoms with E-state index in [1.807, 2.05) is 44.2 Å². The summed E-state index contributed by atoms with van der Waals surface area (Å²) in [5, 5.41) is 0.691. The van der Waals surface area contributed by atoms with Gasteiger partial charge in [-0.25, -0.2) is 0 Å². The van der Waals surface area contributed by atoms with E-state index >= 15 is 0 Å². The van der Waals surface area contributed by atoms with Gasteiger partial charge in [0.05, 0.1) is 5.56 Å². The Hall–Kier alpha value is -1.10. The lowest BCUT2D eigenvalue weighted by Crippen LogP contribution is -2.11. The summed E-state index contributed by atoms with van der Waals surface area (Å²) in [6, 6.07) is 9.29. The number of rotatable bonds is 3. The van der Waals surface area contributed by atoms with Gasteiger partial charge in [0.25, 0.3) is 0 Å². The first kappa shape index (κ1) is 15.3. The molecule has 104 valence electrons. The predicted octanol–water partition coefficient (Wildman–Crippen LogP) is 5.15. The lowest BCUT2D eigenvalue weighted by atomic mass is 10.1. The van der Waals surface area contributed by atoms with E-state index in [0.717, 1.165) is 21.3 Å². The fourth-order valence-corrected chi connectivity index (χ4v) is 2.79. The van der Waals surface area contributed by atoms with E-state index in [-0.39, 0.29) is 0 Å². The Bertz CT molecular complexity index is 665. The highest BCUT2D eigenvalue weighted by Crippen LogP contribution is 2.34. The maximum atomic E-state index is 6.03. The quantitative estimate of drug-likeness (QED) is 0.759. The number of aryl methyl sites for hydroxylation is 2. The number of thiocarbonyl (C=S) groups is 1. The van der Waals surface area contributed by atoms with Gasteiger partial charge in [0.2, 0.25) is 0 Å². The zero-order valence-corrected chi connectivity index (χ0v) is 14.2. The minimum absolute atomic E-state index is 0.303. The zero-order chi connectivity index (χ0) is 14.9. The Kier molecular flexibility index (Phi) is 4.68. The van der Waals surface area contributed by atoms with Crippen molar-refractivity contribution in [1.29, 1.82) is 0 Å². The zero-order valence-electron chi connectivity index (χ0n) is 11.0. The van der Waals surface area contributed by atoms with Gasteiger partial charge in [-0.1, -0.05) is 39.7 Å². The molecule has 20 heavy (non-hydrogen) atoms. The molecule has 0 radical (unpaired) electrons. The van der Waals surface area contributed by atoms with Crippen LogP contribution in [0.25, 0.3) is 0 Å². The maximum absolute atomic E-state index is 6.03. The first-order valence-corrected chi connectivity index (χ1v) is 7.50. The molecule has 5 heteroatoms. The average Bonchev–Trinajstić information content (AvgIpc) is 2.33. The third-order valence-corrected chi connectivity index (χ3v) is 3.78. The van der Waals surface area contributed by atoms with Gasteiger partial charge in [0.15, 0.2) is 0 Å². The van der Waals surface area contributed by atoms with Crippen LogP contribution < -0.4 is 10.5 Å². The van der Waals surface area contributed by atoms with Gasteiger partial charge in [-0.15, -0.1) is 0 Å². The molecule has 0 unspecified atom stereocenters. The standard InChI is InChI=1S/C15H13BrClNOS/c1-8-5-11(17)6-9(2)14(8)19-13-7-10(16)3-4-12(13)15(18)20/h3-7H,1-2H3,(H2,18,20). The Balaban J connectivity index is 2.50. The second kappa shape index (κ2) is 6.12. The molecule has 0 atom stereocenters. The van der Waals surface area contributed by atoms with Crippen molar-refractivity contribution in [2.75, 3.05) is 0 Å². The Morgan fingerprint density at radius 3 is 2.35 bits per heavy atom. The van der Waals surface area contributed by atoms with Gasteiger partial charge in [-0.2, -0.15) is 0 Å². The molecular weight excluding hydrogens is 358 g/mol. The average molecular weight is 371 g/mol. The molecule has 0 amide bonds. The van der Waals surface area contributed by atoms with Crippen molar-refractivity contribution in [3.05, 3.63) is 56.5 Å². The molecule has 2 aromatic rings. The van der Waals surface area contributed by atoms with Crippen LogP contribution in [0.2, 0.25) is 5.02 Å². The van der Waals surface area contributed by atoms with Crippen LogP contribution >= 0.6 is 39.7 Å². The lowest BCUT2D eigenvalue weighted by molar-refractivity contribution is 0.474. The highest BCUT2D eigenvalue weighted by atomic mass is 79.9. The van der Waals surface area contributed by atoms with Crippen molar-refractivity contribution in [3.63, 3.8) is 0 Å². The molecule has 0 saturated carbocycles. The monoisotopic (exact) mass is 369 g/mol. The summed E-state index contributed by atoms with van der Waals surface area (Å²) >= 11 is 14.5. The molecule has 0 aromatic heterocycles. The smallest absolute Gasteiger partial charge is 0.138 e. The number of ether oxygens (including phenoxy) is 1. The van der Waals surface area contributed by atoms with Crippen LogP contribution in [-0.4, -0.2) is 4.99 Å². The van der Waals surface area contributed by atoms with Crippen molar-refractivity contribution < 1.29 is 4.74 Å². The molecule has 0 aliphatic heterocycles. The van der Waals surface area contributed by atoms with Gasteiger partial charge < -0.3 is 10.5 Å². The largest absolute Gasteiger partial charge is 0.456 e. The number of nitrogens with two attached hydrogens (primary N) is 1. The molecule has 2 nitrogen and oxygen atoms in total. The molecular formula is C15H13BrClNOS.